The average molecular weight is 1140 g/mol. The average Bonchev–Trinajstić information content (AvgIpc) is 3.47. The zero-order valence-electron chi connectivity index (χ0n) is 49.6. The molecule has 2 fully saturated rings. The van der Waals surface area contributed by atoms with Crippen molar-refractivity contribution in [2.75, 3.05) is 6.61 Å². The first-order chi connectivity index (χ1) is 41.4. The van der Waals surface area contributed by atoms with Gasteiger partial charge in [0.2, 0.25) is 0 Å². The van der Waals surface area contributed by atoms with E-state index < -0.39 is 67.1 Å². The number of hydrogen-bond acceptors (Lipinski definition) is 11. The van der Waals surface area contributed by atoms with Gasteiger partial charge in [0, 0.05) is 10.8 Å². The summed E-state index contributed by atoms with van der Waals surface area (Å²) >= 11 is 0. The van der Waals surface area contributed by atoms with Crippen molar-refractivity contribution >= 4 is 5.97 Å². The fraction of sp³-hybridized carbons (Fsp3) is 0.479. The van der Waals surface area contributed by atoms with Crippen LogP contribution in [0, 0.1) is 11.8 Å². The lowest BCUT2D eigenvalue weighted by atomic mass is 9.78. The predicted molar refractivity (Wildman–Crippen MR) is 327 cm³/mol. The fourth-order valence-electron chi connectivity index (χ4n) is 11.3. The van der Waals surface area contributed by atoms with Gasteiger partial charge in [-0.25, -0.2) is 0 Å². The highest BCUT2D eigenvalue weighted by Gasteiger charge is 2.57. The molecule has 0 amide bonds. The number of esters is 1. The van der Waals surface area contributed by atoms with Crippen molar-refractivity contribution in [3.05, 3.63) is 226 Å². The van der Waals surface area contributed by atoms with E-state index in [1.807, 2.05) is 196 Å². The van der Waals surface area contributed by atoms with Gasteiger partial charge in [-0.3, -0.25) is 4.79 Å². The van der Waals surface area contributed by atoms with Gasteiger partial charge in [-0.2, -0.15) is 0 Å². The summed E-state index contributed by atoms with van der Waals surface area (Å²) in [6, 6.07) is 58.4. The lowest BCUT2D eigenvalue weighted by Gasteiger charge is -2.51. The largest absolute Gasteiger partial charge is 0.459 e. The molecule has 0 spiro atoms. The zero-order valence-corrected chi connectivity index (χ0v) is 49.6. The molecule has 12 atom stereocenters. The van der Waals surface area contributed by atoms with E-state index in [1.54, 1.807) is 0 Å². The molecule has 2 aliphatic rings. The number of azide groups is 1. The number of carbonyl (C=O) groups is 1. The van der Waals surface area contributed by atoms with E-state index in [0.29, 0.717) is 13.0 Å². The number of ether oxygens (including phenoxy) is 9. The Morgan fingerprint density at radius 1 is 0.476 bits per heavy atom. The summed E-state index contributed by atoms with van der Waals surface area (Å²) in [6.45, 7) is 7.58. The number of benzene rings is 6. The first kappa shape index (κ1) is 63.8. The van der Waals surface area contributed by atoms with E-state index in [2.05, 4.69) is 16.9 Å². The van der Waals surface area contributed by atoms with Gasteiger partial charge >= 0.3 is 5.97 Å². The summed E-state index contributed by atoms with van der Waals surface area (Å²) in [5, 5.41) is 4.47. The van der Waals surface area contributed by atoms with Crippen LogP contribution in [0.4, 0.5) is 0 Å². The quantitative estimate of drug-likeness (QED) is 0.0122. The van der Waals surface area contributed by atoms with Crippen molar-refractivity contribution in [3.8, 4) is 0 Å². The molecule has 1 saturated heterocycles. The minimum absolute atomic E-state index is 0.0754. The number of rotatable bonds is 36. The van der Waals surface area contributed by atoms with Crippen molar-refractivity contribution in [2.24, 2.45) is 17.0 Å². The van der Waals surface area contributed by atoms with Gasteiger partial charge < -0.3 is 42.6 Å². The monoisotopic (exact) mass is 1140 g/mol. The summed E-state index contributed by atoms with van der Waals surface area (Å²) in [6.07, 6.45) is 5.95. The first-order valence-corrected chi connectivity index (χ1v) is 30.8. The summed E-state index contributed by atoms with van der Waals surface area (Å²) < 4.78 is 63.1. The van der Waals surface area contributed by atoms with Crippen molar-refractivity contribution < 1.29 is 47.4 Å². The third-order valence-electron chi connectivity index (χ3n) is 16.1. The van der Waals surface area contributed by atoms with E-state index >= 15 is 0 Å². The molecule has 1 aliphatic heterocycles. The second kappa shape index (κ2) is 35.9. The van der Waals surface area contributed by atoms with Crippen LogP contribution in [-0.4, -0.2) is 73.7 Å². The minimum atomic E-state index is -1.26. The molecule has 6 aromatic carbocycles. The van der Waals surface area contributed by atoms with Gasteiger partial charge in [-0.15, -0.1) is 0 Å². The number of nitrogens with zero attached hydrogens (tertiary/aromatic N) is 3. The van der Waals surface area contributed by atoms with Crippen LogP contribution in [0.1, 0.15) is 131 Å². The predicted octanol–water partition coefficient (Wildman–Crippen LogP) is 15.8. The highest BCUT2D eigenvalue weighted by molar-refractivity contribution is 5.72. The van der Waals surface area contributed by atoms with Crippen molar-refractivity contribution in [2.45, 2.75) is 199 Å². The van der Waals surface area contributed by atoms with Crippen LogP contribution in [0.15, 0.2) is 187 Å². The minimum Gasteiger partial charge on any atom is -0.459 e. The van der Waals surface area contributed by atoms with E-state index in [0.717, 1.165) is 52.6 Å². The van der Waals surface area contributed by atoms with Crippen LogP contribution in [0.3, 0.4) is 0 Å². The molecule has 6 aromatic rings. The maximum Gasteiger partial charge on any atom is 0.309 e. The van der Waals surface area contributed by atoms with Crippen LogP contribution in [0.2, 0.25) is 0 Å². The second-order valence-corrected chi connectivity index (χ2v) is 22.6. The van der Waals surface area contributed by atoms with Crippen LogP contribution < -0.4 is 0 Å². The third kappa shape index (κ3) is 20.2. The highest BCUT2D eigenvalue weighted by atomic mass is 16.7. The Morgan fingerprint density at radius 2 is 0.833 bits per heavy atom. The molecule has 448 valence electrons. The van der Waals surface area contributed by atoms with Crippen LogP contribution >= 0.6 is 0 Å². The Kier molecular flexibility index (Phi) is 27.3. The van der Waals surface area contributed by atoms with Crippen LogP contribution in [-0.2, 0) is 87.1 Å². The summed E-state index contributed by atoms with van der Waals surface area (Å²) in [4.78, 5) is 18.2. The number of carbonyl (C=O) groups excluding carboxylic acids is 1. The van der Waals surface area contributed by atoms with Crippen LogP contribution in [0.5, 0.6) is 0 Å². The maximum atomic E-state index is 14.8. The lowest BCUT2D eigenvalue weighted by molar-refractivity contribution is -0.329. The highest BCUT2D eigenvalue weighted by Crippen LogP contribution is 2.41. The Bertz CT molecular complexity index is 2760. The van der Waals surface area contributed by atoms with Gasteiger partial charge in [-0.05, 0) is 45.3 Å². The molecule has 8 rings (SSSR count). The summed E-state index contributed by atoms with van der Waals surface area (Å²) in [7, 11) is 0. The molecular weight excluding hydrogens is 1050 g/mol. The smallest absolute Gasteiger partial charge is 0.309 e. The standard InChI is InChI=1S/C71H89N3O10/c1-4-5-6-7-8-9-10-11-12-13-20-33-53(2)70(75)83-63-54(3)64(68(80-50-59-42-29-18-30-43-59)69(81-51-60-44-31-19-32-45-60)67(63)79-49-58-40-27-17-28-41-58)84-71-62(73-74-72)66(78-48-57-38-25-16-26-39-57)65(77-47-56-36-23-15-24-37-56)61(82-71)52-76-46-55-34-21-14-22-35-55/h14-19,21-32,34-45,53-54,61-69,71H,4-13,20,33,46-52H2,1-3H3/t53?,54?,61?,62?,63-,64+,65+,66-,67?,68+,69?,71+/m0/s1. The molecule has 1 aliphatic carbocycles. The summed E-state index contributed by atoms with van der Waals surface area (Å²) in [5.74, 6) is -1.32. The van der Waals surface area contributed by atoms with E-state index in [1.165, 1.54) is 51.4 Å². The molecule has 13 nitrogen and oxygen atoms in total. The SMILES string of the molecule is CCCCCCCCCCCCCC(C)C(=O)O[C@@H]1C(OCc2ccccc2)C(OCc2ccccc2)[C@H](OCc2ccccc2)[C@H](O[C@H]2OC(COCc3ccccc3)[C@@H](OCc3ccccc3)[C@@H](OCc3ccccc3)C2N=[N+]=[N-])C1C. The molecule has 0 aromatic heterocycles. The van der Waals surface area contributed by atoms with Gasteiger partial charge in [0.25, 0.3) is 0 Å². The Labute approximate surface area is 499 Å². The molecule has 6 unspecified atom stereocenters. The Morgan fingerprint density at radius 3 is 1.25 bits per heavy atom. The maximum absolute atomic E-state index is 14.8. The normalized spacial score (nSPS) is 23.5. The fourth-order valence-corrected chi connectivity index (χ4v) is 11.3. The van der Waals surface area contributed by atoms with Crippen molar-refractivity contribution in [1.29, 1.82) is 0 Å². The van der Waals surface area contributed by atoms with Gasteiger partial charge in [0.15, 0.2) is 6.29 Å². The number of unbranched alkanes of at least 4 members (excludes halogenated alkanes) is 10. The zero-order chi connectivity index (χ0) is 58.4. The van der Waals surface area contributed by atoms with Crippen LogP contribution in [0.25, 0.3) is 10.4 Å². The molecule has 84 heavy (non-hydrogen) atoms. The van der Waals surface area contributed by atoms with E-state index in [-0.39, 0.29) is 51.5 Å². The van der Waals surface area contributed by atoms with Gasteiger partial charge in [-0.1, -0.05) is 279 Å². The van der Waals surface area contributed by atoms with Gasteiger partial charge in [0.05, 0.1) is 58.3 Å². The topological polar surface area (TPSA) is 149 Å². The molecule has 0 bridgehead atoms. The van der Waals surface area contributed by atoms with E-state index in [4.69, 9.17) is 42.6 Å². The Balaban J connectivity index is 1.14. The lowest BCUT2D eigenvalue weighted by Crippen LogP contribution is -2.67. The molecule has 0 N–H and O–H groups in total. The molecule has 0 radical (unpaired) electrons. The van der Waals surface area contributed by atoms with E-state index in [9.17, 15) is 10.3 Å². The second-order valence-electron chi connectivity index (χ2n) is 22.6. The number of hydrogen-bond donors (Lipinski definition) is 0. The van der Waals surface area contributed by atoms with Crippen molar-refractivity contribution in [3.63, 3.8) is 0 Å². The third-order valence-corrected chi connectivity index (χ3v) is 16.1. The van der Waals surface area contributed by atoms with Crippen molar-refractivity contribution in [1.82, 2.24) is 0 Å². The summed E-state index contributed by atoms with van der Waals surface area (Å²) in [5.41, 5.74) is 16.2. The Hall–Kier alpha value is -6.22. The molecule has 1 heterocycles. The first-order valence-electron chi connectivity index (χ1n) is 30.8. The molecule has 1 saturated carbocycles. The molecular formula is C71H89N3O10. The van der Waals surface area contributed by atoms with Gasteiger partial charge in [0.1, 0.15) is 48.8 Å². The molecule has 13 heteroatoms.